The average Bonchev–Trinajstić information content (AvgIpc) is 2.27. The number of nitrogens with zero attached hydrogens (tertiary/aromatic N) is 2. The number of carboxylic acid groups (broad SMARTS) is 1. The van der Waals surface area contributed by atoms with Crippen LogP contribution in [0.4, 0.5) is 5.69 Å². The van der Waals surface area contributed by atoms with Gasteiger partial charge in [0, 0.05) is 12.1 Å². The topological polar surface area (TPSA) is 112 Å². The number of hydrogen-bond donors (Lipinski definition) is 2. The summed E-state index contributed by atoms with van der Waals surface area (Å²) in [4.78, 5) is 13.0. The molecule has 7 nitrogen and oxygen atoms in total. The van der Waals surface area contributed by atoms with E-state index in [9.17, 15) is 13.2 Å². The largest absolute Gasteiger partial charge is 0.480 e. The van der Waals surface area contributed by atoms with Gasteiger partial charge in [-0.1, -0.05) is 0 Å². The van der Waals surface area contributed by atoms with Gasteiger partial charge in [-0.3, -0.25) is 4.79 Å². The lowest BCUT2D eigenvalue weighted by molar-refractivity contribution is -0.135. The second kappa shape index (κ2) is 4.69. The molecule has 1 aromatic carbocycles. The lowest BCUT2D eigenvalue weighted by atomic mass is 10.3. The van der Waals surface area contributed by atoms with Crippen molar-refractivity contribution in [1.29, 1.82) is 5.39 Å². The van der Waals surface area contributed by atoms with E-state index in [0.717, 1.165) is 0 Å². The molecule has 0 atom stereocenters. The molecular formula is C8H8N3O4S+. The summed E-state index contributed by atoms with van der Waals surface area (Å²) < 4.78 is 24.8. The minimum Gasteiger partial charge on any atom is -0.480 e. The minimum atomic E-state index is -3.83. The van der Waals surface area contributed by atoms with Crippen LogP contribution < -0.4 is 4.72 Å². The molecule has 0 aromatic heterocycles. The van der Waals surface area contributed by atoms with Crippen molar-refractivity contribution in [3.63, 3.8) is 0 Å². The zero-order valence-electron chi connectivity index (χ0n) is 7.99. The van der Waals surface area contributed by atoms with E-state index in [0.29, 0.717) is 0 Å². The Labute approximate surface area is 91.4 Å². The van der Waals surface area contributed by atoms with E-state index in [1.165, 1.54) is 24.3 Å². The molecule has 0 radical (unpaired) electrons. The van der Waals surface area contributed by atoms with Gasteiger partial charge in [0.2, 0.25) is 15.4 Å². The summed E-state index contributed by atoms with van der Waals surface area (Å²) in [7, 11) is -3.83. The molecule has 0 aliphatic rings. The van der Waals surface area contributed by atoms with Crippen LogP contribution >= 0.6 is 0 Å². The van der Waals surface area contributed by atoms with Crippen molar-refractivity contribution in [1.82, 2.24) is 4.72 Å². The van der Waals surface area contributed by atoms with Crippen molar-refractivity contribution in [2.45, 2.75) is 4.90 Å². The maximum Gasteiger partial charge on any atom is 0.385 e. The zero-order chi connectivity index (χ0) is 12.2. The van der Waals surface area contributed by atoms with Gasteiger partial charge < -0.3 is 5.11 Å². The standard InChI is InChI=1S/C8H7N3O4S/c9-11-6-1-3-7(4-2-6)16(14,15)10-5-8(12)13/h1-4,10H,5H2/p+1. The summed E-state index contributed by atoms with van der Waals surface area (Å²) in [6, 6.07) is 4.99. The van der Waals surface area contributed by atoms with E-state index in [1.807, 2.05) is 4.72 Å². The lowest BCUT2D eigenvalue weighted by Gasteiger charge is -2.02. The summed E-state index contributed by atoms with van der Waals surface area (Å²) in [6.07, 6.45) is 0. The second-order valence-electron chi connectivity index (χ2n) is 2.81. The van der Waals surface area contributed by atoms with E-state index in [2.05, 4.69) is 4.98 Å². The molecule has 0 bridgehead atoms. The third kappa shape index (κ3) is 3.01. The zero-order valence-corrected chi connectivity index (χ0v) is 8.81. The summed E-state index contributed by atoms with van der Waals surface area (Å²) in [5.41, 5.74) is 0.206. The van der Waals surface area contributed by atoms with Crippen molar-refractivity contribution in [2.75, 3.05) is 6.54 Å². The van der Waals surface area contributed by atoms with Crippen molar-refractivity contribution < 1.29 is 18.3 Å². The molecule has 0 saturated carbocycles. The normalized spacial score (nSPS) is 10.7. The van der Waals surface area contributed by atoms with Crippen LogP contribution in [0.5, 0.6) is 0 Å². The predicted octanol–water partition coefficient (Wildman–Crippen LogP) is 0.534. The fraction of sp³-hybridized carbons (Fsp3) is 0.125. The number of diazo groups is 1. The number of carbonyl (C=O) groups is 1. The first-order valence-corrected chi connectivity index (χ1v) is 5.60. The lowest BCUT2D eigenvalue weighted by Crippen LogP contribution is -2.29. The van der Waals surface area contributed by atoms with Crippen molar-refractivity contribution in [3.8, 4) is 0 Å². The Morgan fingerprint density at radius 3 is 2.38 bits per heavy atom. The number of aliphatic carboxylic acids is 1. The number of sulfonamides is 1. The molecule has 2 N–H and O–H groups in total. The highest BCUT2D eigenvalue weighted by Crippen LogP contribution is 2.15. The molecule has 8 heteroatoms. The van der Waals surface area contributed by atoms with Crippen molar-refractivity contribution >= 4 is 21.7 Å². The van der Waals surface area contributed by atoms with Crippen LogP contribution in [-0.4, -0.2) is 26.0 Å². The van der Waals surface area contributed by atoms with Crippen LogP contribution in [0.3, 0.4) is 0 Å². The molecule has 0 unspecified atom stereocenters. The molecule has 0 heterocycles. The molecule has 84 valence electrons. The van der Waals surface area contributed by atoms with Gasteiger partial charge in [0.25, 0.3) is 0 Å². The van der Waals surface area contributed by atoms with Crippen LogP contribution in [0.1, 0.15) is 0 Å². The molecule has 0 saturated heterocycles. The fourth-order valence-electron chi connectivity index (χ4n) is 0.932. The minimum absolute atomic E-state index is 0.0962. The number of carboxylic acids is 1. The summed E-state index contributed by atoms with van der Waals surface area (Å²) in [6.45, 7) is -0.686. The molecule has 0 aliphatic carbocycles. The Bertz CT molecular complexity index is 529. The number of hydrogen-bond acceptors (Lipinski definition) is 4. The van der Waals surface area contributed by atoms with E-state index in [1.54, 1.807) is 0 Å². The smallest absolute Gasteiger partial charge is 0.385 e. The number of benzene rings is 1. The van der Waals surface area contributed by atoms with Gasteiger partial charge in [-0.25, -0.2) is 8.42 Å². The molecule has 0 amide bonds. The van der Waals surface area contributed by atoms with Crippen LogP contribution in [-0.2, 0) is 14.8 Å². The van der Waals surface area contributed by atoms with Gasteiger partial charge >= 0.3 is 11.7 Å². The van der Waals surface area contributed by atoms with E-state index < -0.39 is 22.5 Å². The maximum atomic E-state index is 11.5. The summed E-state index contributed by atoms with van der Waals surface area (Å²) in [5, 5.41) is 16.7. The highest BCUT2D eigenvalue weighted by Gasteiger charge is 2.16. The van der Waals surface area contributed by atoms with Gasteiger partial charge in [0.05, 0.1) is 4.90 Å². The van der Waals surface area contributed by atoms with Crippen LogP contribution in [0, 0.1) is 5.39 Å². The van der Waals surface area contributed by atoms with Crippen LogP contribution in [0.15, 0.2) is 29.2 Å². The van der Waals surface area contributed by atoms with Crippen molar-refractivity contribution in [2.24, 2.45) is 0 Å². The Morgan fingerprint density at radius 2 is 1.94 bits per heavy atom. The molecule has 0 aliphatic heterocycles. The highest BCUT2D eigenvalue weighted by molar-refractivity contribution is 7.89. The van der Waals surface area contributed by atoms with E-state index in [4.69, 9.17) is 10.5 Å². The third-order valence-corrected chi connectivity index (χ3v) is 3.09. The molecular weight excluding hydrogens is 234 g/mol. The maximum absolute atomic E-state index is 11.5. The molecule has 16 heavy (non-hydrogen) atoms. The quantitative estimate of drug-likeness (QED) is 0.748. The fourth-order valence-corrected chi connectivity index (χ4v) is 1.91. The van der Waals surface area contributed by atoms with Gasteiger partial charge in [-0.05, 0) is 12.1 Å². The monoisotopic (exact) mass is 242 g/mol. The Hall–Kier alpha value is -1.98. The molecule has 1 rings (SSSR count). The van der Waals surface area contributed by atoms with Gasteiger partial charge in [0.15, 0.2) is 4.98 Å². The van der Waals surface area contributed by atoms with Gasteiger partial charge in [0.1, 0.15) is 6.54 Å². The first-order chi connectivity index (χ1) is 7.45. The van der Waals surface area contributed by atoms with E-state index >= 15 is 0 Å². The summed E-state index contributed by atoms with van der Waals surface area (Å²) in [5.74, 6) is -1.27. The Morgan fingerprint density at radius 1 is 1.38 bits per heavy atom. The van der Waals surface area contributed by atoms with Crippen molar-refractivity contribution in [3.05, 3.63) is 29.2 Å². The SMILES string of the molecule is N#[N+]c1ccc(S(=O)(=O)NCC(=O)O)cc1. The summed E-state index contributed by atoms with van der Waals surface area (Å²) >= 11 is 0. The van der Waals surface area contributed by atoms with Crippen LogP contribution in [0.25, 0.3) is 4.98 Å². The Kier molecular flexibility index (Phi) is 3.55. The van der Waals surface area contributed by atoms with Gasteiger partial charge in [-0.2, -0.15) is 4.72 Å². The van der Waals surface area contributed by atoms with Crippen LogP contribution in [0.2, 0.25) is 0 Å². The second-order valence-corrected chi connectivity index (χ2v) is 4.58. The molecule has 1 aromatic rings. The predicted molar refractivity (Wildman–Crippen MR) is 54.0 cm³/mol. The molecule has 0 spiro atoms. The number of nitrogens with one attached hydrogen (secondary N) is 1. The molecule has 0 fully saturated rings. The third-order valence-electron chi connectivity index (χ3n) is 1.68. The van der Waals surface area contributed by atoms with E-state index in [-0.39, 0.29) is 10.6 Å². The van der Waals surface area contributed by atoms with Gasteiger partial charge in [-0.15, -0.1) is 0 Å². The highest BCUT2D eigenvalue weighted by atomic mass is 32.2. The first-order valence-electron chi connectivity index (χ1n) is 4.12. The first kappa shape index (κ1) is 12.1. The Balaban J connectivity index is 2.91. The average molecular weight is 242 g/mol. The number of rotatable bonds is 4.